The first kappa shape index (κ1) is 21.9. The Kier molecular flexibility index (Phi) is 6.80. The molecule has 1 saturated heterocycles. The number of urea groups is 1. The summed E-state index contributed by atoms with van der Waals surface area (Å²) in [4.78, 5) is 28.9. The molecule has 0 spiro atoms. The zero-order valence-electron chi connectivity index (χ0n) is 18.6. The van der Waals surface area contributed by atoms with Crippen LogP contribution < -0.4 is 5.32 Å². The first-order valence-electron chi connectivity index (χ1n) is 10.7. The van der Waals surface area contributed by atoms with Crippen LogP contribution in [0.3, 0.4) is 0 Å². The Balaban J connectivity index is 1.46. The Morgan fingerprint density at radius 3 is 2.17 bits per heavy atom. The second kappa shape index (κ2) is 9.33. The number of hydrogen-bond acceptors (Lipinski definition) is 2. The number of nitrogens with zero attached hydrogens (tertiary/aromatic N) is 2. The number of carbonyl (C=O) groups excluding carboxylic acids is 2. The van der Waals surface area contributed by atoms with Crippen molar-refractivity contribution in [3.8, 4) is 0 Å². The molecule has 2 aromatic carbocycles. The summed E-state index contributed by atoms with van der Waals surface area (Å²) in [5.41, 5.74) is 4.52. The second-order valence-corrected chi connectivity index (χ2v) is 8.94. The van der Waals surface area contributed by atoms with Crippen molar-refractivity contribution in [2.45, 2.75) is 39.5 Å². The van der Waals surface area contributed by atoms with E-state index in [0.29, 0.717) is 39.1 Å². The van der Waals surface area contributed by atoms with Gasteiger partial charge in [-0.25, -0.2) is 4.79 Å². The van der Waals surface area contributed by atoms with E-state index >= 15 is 0 Å². The lowest BCUT2D eigenvalue weighted by Crippen LogP contribution is -2.54. The number of nitrogens with one attached hydrogen (secondary N) is 1. The van der Waals surface area contributed by atoms with E-state index in [1.807, 2.05) is 41.0 Å². The van der Waals surface area contributed by atoms with E-state index in [1.165, 1.54) is 16.7 Å². The highest BCUT2D eigenvalue weighted by molar-refractivity contribution is 5.79. The minimum atomic E-state index is -0.145. The molecule has 3 amide bonds. The lowest BCUT2D eigenvalue weighted by atomic mass is 9.84. The topological polar surface area (TPSA) is 52.7 Å². The van der Waals surface area contributed by atoms with Crippen LogP contribution in [0.5, 0.6) is 0 Å². The molecule has 0 atom stereocenters. The highest BCUT2D eigenvalue weighted by atomic mass is 16.2. The molecular formula is C25H33N3O2. The summed E-state index contributed by atoms with van der Waals surface area (Å²) in [6, 6.07) is 16.4. The summed E-state index contributed by atoms with van der Waals surface area (Å²) in [6.45, 7) is 11.3. The molecule has 0 bridgehead atoms. The molecule has 3 rings (SSSR count). The van der Waals surface area contributed by atoms with Crippen molar-refractivity contribution in [1.29, 1.82) is 0 Å². The van der Waals surface area contributed by atoms with Crippen molar-refractivity contribution >= 4 is 11.9 Å². The van der Waals surface area contributed by atoms with Crippen LogP contribution in [0, 0.1) is 13.8 Å². The van der Waals surface area contributed by atoms with E-state index in [4.69, 9.17) is 0 Å². The Bertz CT molecular complexity index is 882. The van der Waals surface area contributed by atoms with Gasteiger partial charge in [-0.05, 0) is 25.0 Å². The van der Waals surface area contributed by atoms with Crippen LogP contribution in [-0.4, -0.2) is 54.5 Å². The van der Waals surface area contributed by atoms with Gasteiger partial charge in [0.25, 0.3) is 0 Å². The van der Waals surface area contributed by atoms with Gasteiger partial charge in [0.15, 0.2) is 0 Å². The van der Waals surface area contributed by atoms with Crippen molar-refractivity contribution in [3.63, 3.8) is 0 Å². The summed E-state index contributed by atoms with van der Waals surface area (Å²) < 4.78 is 0. The Hall–Kier alpha value is -2.82. The van der Waals surface area contributed by atoms with Gasteiger partial charge in [0.2, 0.25) is 5.91 Å². The Morgan fingerprint density at radius 1 is 0.900 bits per heavy atom. The van der Waals surface area contributed by atoms with Crippen LogP contribution in [0.2, 0.25) is 0 Å². The van der Waals surface area contributed by atoms with Gasteiger partial charge in [-0.3, -0.25) is 4.79 Å². The molecule has 5 heteroatoms. The maximum atomic E-state index is 12.7. The first-order chi connectivity index (χ1) is 14.2. The Morgan fingerprint density at radius 2 is 1.53 bits per heavy atom. The zero-order chi connectivity index (χ0) is 21.7. The molecule has 30 heavy (non-hydrogen) atoms. The third-order valence-corrected chi connectivity index (χ3v) is 5.88. The van der Waals surface area contributed by atoms with E-state index in [-0.39, 0.29) is 17.4 Å². The van der Waals surface area contributed by atoms with Crippen LogP contribution in [0.25, 0.3) is 0 Å². The molecular weight excluding hydrogens is 374 g/mol. The number of amides is 3. The molecule has 0 aromatic heterocycles. The third-order valence-electron chi connectivity index (χ3n) is 5.88. The number of hydrogen-bond donors (Lipinski definition) is 1. The van der Waals surface area contributed by atoms with Crippen LogP contribution in [-0.2, 0) is 16.6 Å². The fraction of sp³-hybridized carbons (Fsp3) is 0.440. The zero-order valence-corrected chi connectivity index (χ0v) is 18.6. The number of aryl methyl sites for hydroxylation is 2. The molecule has 1 aliphatic heterocycles. The second-order valence-electron chi connectivity index (χ2n) is 8.94. The molecule has 1 N–H and O–H groups in total. The predicted octanol–water partition coefficient (Wildman–Crippen LogP) is 3.68. The number of rotatable bonds is 5. The van der Waals surface area contributed by atoms with Crippen molar-refractivity contribution in [2.24, 2.45) is 0 Å². The monoisotopic (exact) mass is 407 g/mol. The number of carbonyl (C=O) groups is 2. The summed E-state index contributed by atoms with van der Waals surface area (Å²) in [5, 5.41) is 3.08. The maximum absolute atomic E-state index is 12.7. The molecule has 1 fully saturated rings. The molecule has 1 heterocycles. The molecule has 0 unspecified atom stereocenters. The molecule has 2 aromatic rings. The molecule has 160 valence electrons. The highest BCUT2D eigenvalue weighted by Gasteiger charge is 2.26. The van der Waals surface area contributed by atoms with E-state index in [0.717, 1.165) is 5.56 Å². The smallest absolute Gasteiger partial charge is 0.317 e. The quantitative estimate of drug-likeness (QED) is 0.822. The van der Waals surface area contributed by atoms with Crippen molar-refractivity contribution < 1.29 is 9.59 Å². The van der Waals surface area contributed by atoms with Gasteiger partial charge < -0.3 is 15.1 Å². The summed E-state index contributed by atoms with van der Waals surface area (Å²) >= 11 is 0. The predicted molar refractivity (Wildman–Crippen MR) is 121 cm³/mol. The summed E-state index contributed by atoms with van der Waals surface area (Å²) in [5.74, 6) is 0.125. The average Bonchev–Trinajstić information content (AvgIpc) is 2.74. The van der Waals surface area contributed by atoms with Crippen molar-refractivity contribution in [1.82, 2.24) is 15.1 Å². The minimum Gasteiger partial charge on any atom is -0.339 e. The maximum Gasteiger partial charge on any atom is 0.317 e. The van der Waals surface area contributed by atoms with E-state index in [1.54, 1.807) is 0 Å². The van der Waals surface area contributed by atoms with Crippen molar-refractivity contribution in [3.05, 3.63) is 70.8 Å². The molecule has 5 nitrogen and oxygen atoms in total. The van der Waals surface area contributed by atoms with Gasteiger partial charge >= 0.3 is 6.03 Å². The standard InChI is InChI=1S/C25H33N3O2/c1-19-8-10-21(11-9-19)17-23(29)27-12-14-28(15-13-27)24(30)26-18-25(3,4)22-7-5-6-20(2)16-22/h5-11,16H,12-15,17-18H2,1-4H3,(H,26,30). The van der Waals surface area contributed by atoms with Crippen LogP contribution in [0.1, 0.15) is 36.1 Å². The molecule has 1 aliphatic rings. The fourth-order valence-electron chi connectivity index (χ4n) is 3.73. The van der Waals surface area contributed by atoms with Gasteiger partial charge in [-0.1, -0.05) is 73.5 Å². The average molecular weight is 408 g/mol. The normalized spacial score (nSPS) is 14.5. The number of benzene rings is 2. The lowest BCUT2D eigenvalue weighted by molar-refractivity contribution is -0.131. The van der Waals surface area contributed by atoms with E-state index in [9.17, 15) is 9.59 Å². The summed E-state index contributed by atoms with van der Waals surface area (Å²) in [6.07, 6.45) is 0.414. The van der Waals surface area contributed by atoms with E-state index < -0.39 is 0 Å². The SMILES string of the molecule is Cc1ccc(CC(=O)N2CCN(C(=O)NCC(C)(C)c3cccc(C)c3)CC2)cc1. The first-order valence-corrected chi connectivity index (χ1v) is 10.7. The molecule has 0 aliphatic carbocycles. The lowest BCUT2D eigenvalue weighted by Gasteiger charge is -2.35. The minimum absolute atomic E-state index is 0.0543. The molecule has 0 radical (unpaired) electrons. The highest BCUT2D eigenvalue weighted by Crippen LogP contribution is 2.23. The van der Waals surface area contributed by atoms with Gasteiger partial charge in [0.1, 0.15) is 0 Å². The largest absolute Gasteiger partial charge is 0.339 e. The van der Waals surface area contributed by atoms with Crippen LogP contribution in [0.4, 0.5) is 4.79 Å². The van der Waals surface area contributed by atoms with Gasteiger partial charge in [0.05, 0.1) is 6.42 Å². The van der Waals surface area contributed by atoms with Gasteiger partial charge in [0, 0.05) is 38.1 Å². The third kappa shape index (κ3) is 5.62. The Labute approximate surface area is 180 Å². The van der Waals surface area contributed by atoms with Gasteiger partial charge in [-0.15, -0.1) is 0 Å². The fourth-order valence-corrected chi connectivity index (χ4v) is 3.73. The number of piperazine rings is 1. The summed E-state index contributed by atoms with van der Waals surface area (Å²) in [7, 11) is 0. The molecule has 0 saturated carbocycles. The van der Waals surface area contributed by atoms with Crippen LogP contribution in [0.15, 0.2) is 48.5 Å². The van der Waals surface area contributed by atoms with Crippen LogP contribution >= 0.6 is 0 Å². The van der Waals surface area contributed by atoms with Gasteiger partial charge in [-0.2, -0.15) is 0 Å². The van der Waals surface area contributed by atoms with E-state index in [2.05, 4.69) is 50.4 Å². The van der Waals surface area contributed by atoms with Crippen molar-refractivity contribution in [2.75, 3.05) is 32.7 Å².